The summed E-state index contributed by atoms with van der Waals surface area (Å²) in [7, 11) is 0.310. The highest BCUT2D eigenvalue weighted by Gasteiger charge is 2.49. The molecule has 3 aromatic rings. The average Bonchev–Trinajstić information content (AvgIpc) is 3.17. The molecule has 36 heavy (non-hydrogen) atoms. The third kappa shape index (κ3) is 4.67. The summed E-state index contributed by atoms with van der Waals surface area (Å²) in [5.74, 6) is 1.40. The number of nitrogens with one attached hydrogen (secondary N) is 1. The molecule has 0 saturated heterocycles. The third-order valence-electron chi connectivity index (χ3n) is 7.80. The van der Waals surface area contributed by atoms with E-state index in [2.05, 4.69) is 45.9 Å². The molecule has 192 valence electrons. The van der Waals surface area contributed by atoms with Gasteiger partial charge in [-0.15, -0.1) is 0 Å². The van der Waals surface area contributed by atoms with Gasteiger partial charge in [-0.2, -0.15) is 0 Å². The van der Waals surface area contributed by atoms with Gasteiger partial charge >= 0.3 is 0 Å². The lowest BCUT2D eigenvalue weighted by molar-refractivity contribution is 0.0715. The summed E-state index contributed by atoms with van der Waals surface area (Å²) in [6.45, 7) is 3.17. The van der Waals surface area contributed by atoms with Crippen LogP contribution in [0.1, 0.15) is 47.8 Å². The number of hydrogen-bond donors (Lipinski definition) is 1. The van der Waals surface area contributed by atoms with Crippen LogP contribution in [0.4, 0.5) is 0 Å². The van der Waals surface area contributed by atoms with Gasteiger partial charge in [-0.3, -0.25) is 4.90 Å². The fourth-order valence-electron chi connectivity index (χ4n) is 5.66. The van der Waals surface area contributed by atoms with Gasteiger partial charge in [-0.25, -0.2) is 18.1 Å². The molecule has 1 unspecified atom stereocenters. The van der Waals surface area contributed by atoms with E-state index >= 15 is 0 Å². The van der Waals surface area contributed by atoms with Crippen molar-refractivity contribution in [3.05, 3.63) is 76.2 Å². The van der Waals surface area contributed by atoms with Gasteiger partial charge in [0.15, 0.2) is 5.03 Å². The molecule has 9 heteroatoms. The number of fused-ring (bicyclic) bond motifs is 1. The monoisotopic (exact) mass is 528 g/mol. The number of ether oxygens (including phenoxy) is 1. The van der Waals surface area contributed by atoms with Crippen LogP contribution in [-0.2, 0) is 28.9 Å². The predicted octanol–water partition coefficient (Wildman–Crippen LogP) is 4.39. The van der Waals surface area contributed by atoms with Crippen LogP contribution in [0.3, 0.4) is 0 Å². The molecule has 2 aliphatic rings. The lowest BCUT2D eigenvalue weighted by Gasteiger charge is -2.53. The van der Waals surface area contributed by atoms with Crippen LogP contribution >= 0.6 is 11.6 Å². The molecule has 0 radical (unpaired) electrons. The molecule has 1 fully saturated rings. The molecule has 7 nitrogen and oxygen atoms in total. The van der Waals surface area contributed by atoms with E-state index in [0.717, 1.165) is 36.6 Å². The molecule has 1 atom stereocenters. The van der Waals surface area contributed by atoms with Crippen LogP contribution in [0, 0.1) is 6.92 Å². The minimum Gasteiger partial charge on any atom is -0.492 e. The van der Waals surface area contributed by atoms with Crippen molar-refractivity contribution in [1.29, 1.82) is 0 Å². The second-order valence-corrected chi connectivity index (χ2v) is 12.1. The number of halogens is 1. The van der Waals surface area contributed by atoms with E-state index in [4.69, 9.17) is 16.3 Å². The Bertz CT molecular complexity index is 1330. The standard InChI is InChI=1S/C27H33ClN4O3S/c1-19-30-25(18-32(19)3)36(33,34)29-14-16-35-23-10-5-20-11-15-31(2)26(24(20)17-23)27(12-4-13-27)21-6-8-22(28)9-7-21/h5-10,17-18,26,29H,4,11-16H2,1-3H3. The molecular formula is C27H33ClN4O3S. The zero-order chi connectivity index (χ0) is 25.5. The Labute approximate surface area is 218 Å². The van der Waals surface area contributed by atoms with Crippen LogP contribution in [0.15, 0.2) is 53.7 Å². The van der Waals surface area contributed by atoms with E-state index in [0.29, 0.717) is 5.82 Å². The fourth-order valence-corrected chi connectivity index (χ4v) is 6.84. The van der Waals surface area contributed by atoms with E-state index < -0.39 is 10.0 Å². The number of rotatable bonds is 8. The number of aromatic nitrogens is 2. The summed E-state index contributed by atoms with van der Waals surface area (Å²) in [6.07, 6.45) is 6.01. The molecule has 2 aromatic carbocycles. The summed E-state index contributed by atoms with van der Waals surface area (Å²) in [5.41, 5.74) is 4.06. The van der Waals surface area contributed by atoms with Crippen LogP contribution in [0.25, 0.3) is 0 Å². The lowest BCUT2D eigenvalue weighted by Crippen LogP contribution is -2.49. The number of likely N-dealkylation sites (N-methyl/N-ethyl adjacent to an activating group) is 1. The summed E-state index contributed by atoms with van der Waals surface area (Å²) in [4.78, 5) is 6.58. The first-order valence-corrected chi connectivity index (χ1v) is 14.3. The lowest BCUT2D eigenvalue weighted by atomic mass is 9.57. The van der Waals surface area contributed by atoms with Crippen LogP contribution in [0.2, 0.25) is 5.02 Å². The molecule has 0 spiro atoms. The first-order chi connectivity index (χ1) is 17.2. The van der Waals surface area contributed by atoms with E-state index in [-0.39, 0.29) is 29.6 Å². The normalized spacial score (nSPS) is 19.5. The van der Waals surface area contributed by atoms with Gasteiger partial charge in [0.25, 0.3) is 10.0 Å². The second-order valence-electron chi connectivity index (χ2n) is 9.99. The highest BCUT2D eigenvalue weighted by Crippen LogP contribution is 2.56. The first kappa shape index (κ1) is 25.3. The maximum atomic E-state index is 12.5. The van der Waals surface area contributed by atoms with E-state index in [1.165, 1.54) is 29.3 Å². The zero-order valence-corrected chi connectivity index (χ0v) is 22.6. The van der Waals surface area contributed by atoms with Crippen molar-refractivity contribution in [3.63, 3.8) is 0 Å². The van der Waals surface area contributed by atoms with Crippen molar-refractivity contribution in [2.45, 2.75) is 49.1 Å². The molecule has 1 saturated carbocycles. The molecular weight excluding hydrogens is 496 g/mol. The molecule has 0 amide bonds. The van der Waals surface area contributed by atoms with Crippen molar-refractivity contribution < 1.29 is 13.2 Å². The number of hydrogen-bond acceptors (Lipinski definition) is 5. The third-order valence-corrected chi connectivity index (χ3v) is 9.38. The Balaban J connectivity index is 1.32. The molecule has 1 aliphatic carbocycles. The van der Waals surface area contributed by atoms with Gasteiger partial charge in [0, 0.05) is 42.8 Å². The SMILES string of the molecule is Cc1nc(S(=O)(=O)NCCOc2ccc3c(c2)C(C2(c4ccc(Cl)cc4)CCC2)N(C)CC3)cn1C. The summed E-state index contributed by atoms with van der Waals surface area (Å²) in [6, 6.07) is 14.9. The number of imidazole rings is 1. The number of nitrogens with zero attached hydrogens (tertiary/aromatic N) is 3. The quantitative estimate of drug-likeness (QED) is 0.439. The highest BCUT2D eigenvalue weighted by atomic mass is 35.5. The molecule has 1 aromatic heterocycles. The number of aryl methyl sites for hydroxylation is 2. The van der Waals surface area contributed by atoms with Crippen molar-refractivity contribution in [2.24, 2.45) is 7.05 Å². The molecule has 2 heterocycles. The summed E-state index contributed by atoms with van der Waals surface area (Å²) in [5, 5.41) is 0.783. The topological polar surface area (TPSA) is 76.5 Å². The van der Waals surface area contributed by atoms with Gasteiger partial charge in [0.05, 0.1) is 0 Å². The first-order valence-electron chi connectivity index (χ1n) is 12.4. The smallest absolute Gasteiger partial charge is 0.259 e. The Morgan fingerprint density at radius 2 is 1.92 bits per heavy atom. The van der Waals surface area contributed by atoms with Gasteiger partial charge in [-0.1, -0.05) is 36.2 Å². The van der Waals surface area contributed by atoms with Crippen LogP contribution < -0.4 is 9.46 Å². The molecule has 5 rings (SSSR count). The minimum atomic E-state index is -3.67. The number of sulfonamides is 1. The van der Waals surface area contributed by atoms with Crippen molar-refractivity contribution in [1.82, 2.24) is 19.2 Å². The van der Waals surface area contributed by atoms with E-state index in [1.54, 1.807) is 18.5 Å². The van der Waals surface area contributed by atoms with Gasteiger partial charge < -0.3 is 9.30 Å². The second kappa shape index (κ2) is 9.82. The van der Waals surface area contributed by atoms with Crippen molar-refractivity contribution in [3.8, 4) is 5.75 Å². The fraction of sp³-hybridized carbons (Fsp3) is 0.444. The Hall–Kier alpha value is -2.39. The predicted molar refractivity (Wildman–Crippen MR) is 141 cm³/mol. The molecule has 0 bridgehead atoms. The molecule has 1 aliphatic heterocycles. The summed E-state index contributed by atoms with van der Waals surface area (Å²) < 4.78 is 35.3. The van der Waals surface area contributed by atoms with E-state index in [9.17, 15) is 8.42 Å². The minimum absolute atomic E-state index is 0.0233. The van der Waals surface area contributed by atoms with Crippen molar-refractivity contribution >= 4 is 21.6 Å². The van der Waals surface area contributed by atoms with Crippen LogP contribution in [-0.4, -0.2) is 49.6 Å². The Morgan fingerprint density at radius 3 is 2.56 bits per heavy atom. The van der Waals surface area contributed by atoms with Gasteiger partial charge in [0.2, 0.25) is 0 Å². The van der Waals surface area contributed by atoms with Gasteiger partial charge in [-0.05, 0) is 74.2 Å². The van der Waals surface area contributed by atoms with Crippen LogP contribution in [0.5, 0.6) is 5.75 Å². The average molecular weight is 529 g/mol. The Morgan fingerprint density at radius 1 is 1.17 bits per heavy atom. The Kier molecular flexibility index (Phi) is 6.89. The highest BCUT2D eigenvalue weighted by molar-refractivity contribution is 7.89. The maximum absolute atomic E-state index is 12.5. The van der Waals surface area contributed by atoms with E-state index in [1.807, 2.05) is 18.2 Å². The largest absolute Gasteiger partial charge is 0.492 e. The molecule has 1 N–H and O–H groups in total. The zero-order valence-electron chi connectivity index (χ0n) is 21.0. The number of benzene rings is 2. The maximum Gasteiger partial charge on any atom is 0.259 e. The summed E-state index contributed by atoms with van der Waals surface area (Å²) >= 11 is 6.20. The van der Waals surface area contributed by atoms with Gasteiger partial charge in [0.1, 0.15) is 18.2 Å². The van der Waals surface area contributed by atoms with Crippen molar-refractivity contribution in [2.75, 3.05) is 26.7 Å².